The van der Waals surface area contributed by atoms with Crippen LogP contribution in [0.2, 0.25) is 0 Å². The van der Waals surface area contributed by atoms with E-state index in [1.807, 2.05) is 0 Å². The van der Waals surface area contributed by atoms with Gasteiger partial charge in [-0.25, -0.2) is 0 Å². The Morgan fingerprint density at radius 1 is 0.958 bits per heavy atom. The topological polar surface area (TPSA) is 37.3 Å². The minimum Gasteiger partial charge on any atom is -0.388 e. The summed E-state index contributed by atoms with van der Waals surface area (Å²) in [4.78, 5) is 12.6. The number of fused-ring (bicyclic) bond motifs is 5. The lowest BCUT2D eigenvalue weighted by atomic mass is 9.35. The Morgan fingerprint density at radius 2 is 1.67 bits per heavy atom. The maximum absolute atomic E-state index is 12.6. The molecule has 0 aromatic rings. The van der Waals surface area contributed by atoms with Crippen molar-refractivity contribution in [2.24, 2.45) is 39.4 Å². The fourth-order valence-electron chi connectivity index (χ4n) is 8.01. The Balaban J connectivity index is 1.79. The molecule has 0 aromatic heterocycles. The second kappa shape index (κ2) is 4.75. The van der Waals surface area contributed by atoms with Crippen LogP contribution in [0.25, 0.3) is 0 Å². The summed E-state index contributed by atoms with van der Waals surface area (Å²) in [6, 6.07) is 0. The molecule has 2 heteroatoms. The van der Waals surface area contributed by atoms with Gasteiger partial charge in [-0.3, -0.25) is 4.79 Å². The van der Waals surface area contributed by atoms with Gasteiger partial charge < -0.3 is 5.11 Å². The van der Waals surface area contributed by atoms with Crippen molar-refractivity contribution in [2.45, 2.75) is 79.2 Å². The van der Waals surface area contributed by atoms with Crippen LogP contribution in [-0.4, -0.2) is 17.0 Å². The number of Topliss-reactive ketones (excluding diaryl/α,β-unsaturated/α-hetero) is 1. The molecule has 2 nitrogen and oxygen atoms in total. The van der Waals surface area contributed by atoms with Crippen molar-refractivity contribution >= 4 is 5.78 Å². The van der Waals surface area contributed by atoms with Gasteiger partial charge in [0.15, 0.2) is 0 Å². The number of allylic oxidation sites excluding steroid dienone is 1. The zero-order valence-electron chi connectivity index (χ0n) is 16.1. The quantitative estimate of drug-likeness (QED) is 0.650. The Bertz CT molecular complexity index is 605. The summed E-state index contributed by atoms with van der Waals surface area (Å²) in [6.07, 6.45) is 10.6. The lowest BCUT2D eigenvalue weighted by Crippen LogP contribution is -2.64. The molecule has 0 amide bonds. The van der Waals surface area contributed by atoms with E-state index in [9.17, 15) is 9.90 Å². The highest BCUT2D eigenvalue weighted by molar-refractivity contribution is 5.85. The first kappa shape index (κ1) is 16.8. The molecular formula is C22H34O2. The van der Waals surface area contributed by atoms with Crippen LogP contribution in [0.5, 0.6) is 0 Å². The van der Waals surface area contributed by atoms with Crippen LogP contribution in [0.4, 0.5) is 0 Å². The summed E-state index contributed by atoms with van der Waals surface area (Å²) >= 11 is 0. The summed E-state index contributed by atoms with van der Waals surface area (Å²) in [5.41, 5.74) is 0.190. The summed E-state index contributed by atoms with van der Waals surface area (Å²) in [6.45, 7) is 11.7. The summed E-state index contributed by atoms with van der Waals surface area (Å²) in [5, 5.41) is 10.9. The van der Waals surface area contributed by atoms with Crippen LogP contribution in [0.15, 0.2) is 12.2 Å². The highest BCUT2D eigenvalue weighted by Crippen LogP contribution is 2.73. The van der Waals surface area contributed by atoms with E-state index in [1.165, 1.54) is 12.8 Å². The van der Waals surface area contributed by atoms with E-state index >= 15 is 0 Å². The zero-order valence-corrected chi connectivity index (χ0v) is 16.1. The average Bonchev–Trinajstić information content (AvgIpc) is 2.81. The van der Waals surface area contributed by atoms with Gasteiger partial charge in [-0.15, -0.1) is 0 Å². The first-order valence-corrected chi connectivity index (χ1v) is 9.98. The van der Waals surface area contributed by atoms with Gasteiger partial charge in [0.05, 0.1) is 6.10 Å². The Kier molecular flexibility index (Phi) is 3.33. The number of aliphatic hydroxyl groups excluding tert-OH is 1. The lowest BCUT2D eigenvalue weighted by molar-refractivity contribution is -0.214. The van der Waals surface area contributed by atoms with Crippen LogP contribution >= 0.6 is 0 Å². The monoisotopic (exact) mass is 330 g/mol. The van der Waals surface area contributed by atoms with Crippen molar-refractivity contribution in [3.05, 3.63) is 12.2 Å². The second-order valence-corrected chi connectivity index (χ2v) is 10.5. The summed E-state index contributed by atoms with van der Waals surface area (Å²) in [5.74, 6) is 2.10. The minimum absolute atomic E-state index is 0.0322. The highest BCUT2D eigenvalue weighted by Gasteiger charge is 2.68. The van der Waals surface area contributed by atoms with E-state index in [1.54, 1.807) is 0 Å². The van der Waals surface area contributed by atoms with Crippen LogP contribution in [-0.2, 0) is 4.79 Å². The molecule has 1 N–H and O–H groups in total. The standard InChI is InChI=1S/C22H34O2/c1-19(2)15-10-13-21(4)16(20(15,3)12-11-17(19)23)8-6-14-7-9-18(24)22(14,21)5/h7,9,14-16,18,24H,6,8,10-13H2,1-5H3. The molecule has 24 heavy (non-hydrogen) atoms. The van der Waals surface area contributed by atoms with Crippen LogP contribution < -0.4 is 0 Å². The molecule has 0 spiro atoms. The average molecular weight is 331 g/mol. The normalized spacial score (nSPS) is 55.7. The fraction of sp³-hybridized carbons (Fsp3) is 0.864. The van der Waals surface area contributed by atoms with E-state index < -0.39 is 0 Å². The predicted molar refractivity (Wildman–Crippen MR) is 96.4 cm³/mol. The van der Waals surface area contributed by atoms with Gasteiger partial charge in [0.25, 0.3) is 0 Å². The number of ketones is 1. The van der Waals surface area contributed by atoms with Crippen LogP contribution in [0, 0.1) is 39.4 Å². The molecule has 0 aromatic carbocycles. The molecule has 3 saturated carbocycles. The minimum atomic E-state index is -0.311. The van der Waals surface area contributed by atoms with Gasteiger partial charge in [0.2, 0.25) is 0 Å². The van der Waals surface area contributed by atoms with E-state index in [4.69, 9.17) is 0 Å². The number of carbonyl (C=O) groups is 1. The molecule has 7 atom stereocenters. The fourth-order valence-corrected chi connectivity index (χ4v) is 8.01. The van der Waals surface area contributed by atoms with E-state index in [-0.39, 0.29) is 27.8 Å². The van der Waals surface area contributed by atoms with E-state index in [2.05, 4.69) is 46.8 Å². The van der Waals surface area contributed by atoms with E-state index in [0.29, 0.717) is 23.5 Å². The summed E-state index contributed by atoms with van der Waals surface area (Å²) in [7, 11) is 0. The molecule has 7 unspecified atom stereocenters. The van der Waals surface area contributed by atoms with Crippen LogP contribution in [0.1, 0.15) is 73.1 Å². The van der Waals surface area contributed by atoms with Crippen molar-refractivity contribution in [1.29, 1.82) is 0 Å². The number of aliphatic hydroxyl groups is 1. The van der Waals surface area contributed by atoms with Crippen molar-refractivity contribution in [1.82, 2.24) is 0 Å². The van der Waals surface area contributed by atoms with Gasteiger partial charge in [0, 0.05) is 17.3 Å². The van der Waals surface area contributed by atoms with Gasteiger partial charge in [-0.2, -0.15) is 0 Å². The van der Waals surface area contributed by atoms with Crippen molar-refractivity contribution < 1.29 is 9.90 Å². The number of hydrogen-bond acceptors (Lipinski definition) is 2. The van der Waals surface area contributed by atoms with Gasteiger partial charge in [-0.1, -0.05) is 46.8 Å². The third-order valence-electron chi connectivity index (χ3n) is 9.70. The van der Waals surface area contributed by atoms with Gasteiger partial charge >= 0.3 is 0 Å². The van der Waals surface area contributed by atoms with Gasteiger partial charge in [-0.05, 0) is 60.7 Å². The smallest absolute Gasteiger partial charge is 0.138 e. The predicted octanol–water partition coefficient (Wildman–Crippen LogP) is 4.76. The SMILES string of the molecule is CC1(C)C(=O)CCC2(C)C1CCC1(C)C2CCC2C=CC(O)C21C. The molecule has 4 aliphatic carbocycles. The molecule has 0 saturated heterocycles. The van der Waals surface area contributed by atoms with Crippen molar-refractivity contribution in [2.75, 3.05) is 0 Å². The molecule has 3 fully saturated rings. The number of carbonyl (C=O) groups excluding carboxylic acids is 1. The Hall–Kier alpha value is -0.630. The molecule has 4 rings (SSSR count). The maximum Gasteiger partial charge on any atom is 0.138 e. The molecule has 0 heterocycles. The number of rotatable bonds is 0. The third-order valence-corrected chi connectivity index (χ3v) is 9.70. The third kappa shape index (κ3) is 1.69. The first-order valence-electron chi connectivity index (χ1n) is 9.98. The lowest BCUT2D eigenvalue weighted by Gasteiger charge is -2.69. The van der Waals surface area contributed by atoms with Gasteiger partial charge in [0.1, 0.15) is 5.78 Å². The molecule has 0 aliphatic heterocycles. The van der Waals surface area contributed by atoms with Crippen molar-refractivity contribution in [3.8, 4) is 0 Å². The Labute approximate surface area is 147 Å². The first-order chi connectivity index (χ1) is 11.1. The summed E-state index contributed by atoms with van der Waals surface area (Å²) < 4.78 is 0. The maximum atomic E-state index is 12.6. The molecule has 4 aliphatic rings. The van der Waals surface area contributed by atoms with Crippen LogP contribution in [0.3, 0.4) is 0 Å². The van der Waals surface area contributed by atoms with E-state index in [0.717, 1.165) is 25.7 Å². The molecule has 0 radical (unpaired) electrons. The number of hydrogen-bond donors (Lipinski definition) is 1. The molecule has 0 bridgehead atoms. The highest BCUT2D eigenvalue weighted by atomic mass is 16.3. The Morgan fingerprint density at radius 3 is 2.38 bits per heavy atom. The second-order valence-electron chi connectivity index (χ2n) is 10.5. The molecular weight excluding hydrogens is 296 g/mol. The largest absolute Gasteiger partial charge is 0.388 e. The molecule has 134 valence electrons. The zero-order chi connectivity index (χ0) is 17.5. The van der Waals surface area contributed by atoms with Crippen molar-refractivity contribution in [3.63, 3.8) is 0 Å².